The number of alkyl halides is 2. The first-order chi connectivity index (χ1) is 8.47. The number of aromatic nitrogens is 1. The number of nitrogens with two attached hydrogens (primary N) is 1. The molecule has 2 aromatic rings. The Balaban J connectivity index is 2.52. The topological polar surface area (TPSA) is 30.9 Å². The van der Waals surface area contributed by atoms with Crippen LogP contribution in [0.5, 0.6) is 0 Å². The maximum atomic E-state index is 12.5. The minimum Gasteiger partial charge on any atom is -0.341 e. The summed E-state index contributed by atoms with van der Waals surface area (Å²) in [5.74, 6) is 0. The SMILES string of the molecule is CC(N)Cc1cn(CC(F)F)c2cc(Cl)ccc12. The van der Waals surface area contributed by atoms with Gasteiger partial charge in [-0.05, 0) is 31.0 Å². The van der Waals surface area contributed by atoms with E-state index < -0.39 is 6.43 Å². The van der Waals surface area contributed by atoms with Crippen LogP contribution in [0.3, 0.4) is 0 Å². The molecule has 18 heavy (non-hydrogen) atoms. The van der Waals surface area contributed by atoms with Gasteiger partial charge in [-0.1, -0.05) is 17.7 Å². The Labute approximate surface area is 109 Å². The van der Waals surface area contributed by atoms with Crippen molar-refractivity contribution in [2.24, 2.45) is 5.73 Å². The van der Waals surface area contributed by atoms with Crippen molar-refractivity contribution in [1.82, 2.24) is 4.57 Å². The molecule has 1 atom stereocenters. The van der Waals surface area contributed by atoms with Crippen LogP contribution in [0.2, 0.25) is 5.02 Å². The predicted octanol–water partition coefficient (Wildman–Crippen LogP) is 3.45. The summed E-state index contributed by atoms with van der Waals surface area (Å²) < 4.78 is 26.6. The number of rotatable bonds is 4. The zero-order valence-electron chi connectivity index (χ0n) is 10.0. The van der Waals surface area contributed by atoms with Crippen molar-refractivity contribution in [2.75, 3.05) is 0 Å². The Morgan fingerprint density at radius 3 is 2.72 bits per heavy atom. The molecule has 2 nitrogen and oxygen atoms in total. The van der Waals surface area contributed by atoms with E-state index in [0.717, 1.165) is 16.5 Å². The first-order valence-corrected chi connectivity index (χ1v) is 6.16. The normalized spacial score (nSPS) is 13.4. The smallest absolute Gasteiger partial charge is 0.256 e. The average Bonchev–Trinajstić information content (AvgIpc) is 2.54. The highest BCUT2D eigenvalue weighted by Crippen LogP contribution is 2.26. The zero-order valence-corrected chi connectivity index (χ0v) is 10.8. The maximum absolute atomic E-state index is 12.5. The largest absolute Gasteiger partial charge is 0.341 e. The summed E-state index contributed by atoms with van der Waals surface area (Å²) in [6, 6.07) is 5.33. The van der Waals surface area contributed by atoms with Crippen molar-refractivity contribution in [3.05, 3.63) is 35.0 Å². The lowest BCUT2D eigenvalue weighted by molar-refractivity contribution is 0.128. The van der Waals surface area contributed by atoms with Gasteiger partial charge in [-0.25, -0.2) is 8.78 Å². The van der Waals surface area contributed by atoms with E-state index in [2.05, 4.69) is 0 Å². The van der Waals surface area contributed by atoms with Crippen molar-refractivity contribution in [3.8, 4) is 0 Å². The molecule has 0 amide bonds. The van der Waals surface area contributed by atoms with Crippen molar-refractivity contribution >= 4 is 22.5 Å². The molecule has 5 heteroatoms. The molecule has 98 valence electrons. The van der Waals surface area contributed by atoms with E-state index in [1.54, 1.807) is 22.9 Å². The molecule has 0 saturated heterocycles. The van der Waals surface area contributed by atoms with Crippen LogP contribution >= 0.6 is 11.6 Å². The third kappa shape index (κ3) is 2.82. The van der Waals surface area contributed by atoms with Gasteiger partial charge >= 0.3 is 0 Å². The number of halogens is 3. The van der Waals surface area contributed by atoms with Crippen LogP contribution in [0.4, 0.5) is 8.78 Å². The average molecular weight is 273 g/mol. The first-order valence-electron chi connectivity index (χ1n) is 5.78. The van der Waals surface area contributed by atoms with E-state index >= 15 is 0 Å². The first kappa shape index (κ1) is 13.3. The summed E-state index contributed by atoms with van der Waals surface area (Å²) in [4.78, 5) is 0. The molecule has 1 heterocycles. The van der Waals surface area contributed by atoms with Crippen LogP contribution < -0.4 is 5.73 Å². The fourth-order valence-electron chi connectivity index (χ4n) is 2.15. The Kier molecular flexibility index (Phi) is 3.88. The summed E-state index contributed by atoms with van der Waals surface area (Å²) in [6.07, 6.45) is 0.0213. The minimum atomic E-state index is -2.39. The lowest BCUT2D eigenvalue weighted by atomic mass is 10.1. The van der Waals surface area contributed by atoms with Gasteiger partial charge in [-0.2, -0.15) is 0 Å². The zero-order chi connectivity index (χ0) is 13.3. The second-order valence-electron chi connectivity index (χ2n) is 4.54. The molecule has 0 saturated carbocycles. The number of benzene rings is 1. The molecule has 0 aliphatic carbocycles. The molecule has 0 bridgehead atoms. The molecule has 1 aromatic carbocycles. The molecular formula is C13H15ClF2N2. The van der Waals surface area contributed by atoms with Crippen LogP contribution in [0.25, 0.3) is 10.9 Å². The molecule has 0 spiro atoms. The molecule has 0 aliphatic heterocycles. The van der Waals surface area contributed by atoms with E-state index in [9.17, 15) is 8.78 Å². The molecule has 0 fully saturated rings. The summed E-state index contributed by atoms with van der Waals surface area (Å²) >= 11 is 5.92. The second-order valence-corrected chi connectivity index (χ2v) is 4.98. The fraction of sp³-hybridized carbons (Fsp3) is 0.385. The molecule has 1 aromatic heterocycles. The van der Waals surface area contributed by atoms with E-state index in [4.69, 9.17) is 17.3 Å². The summed E-state index contributed by atoms with van der Waals surface area (Å²) in [5.41, 5.74) is 7.49. The maximum Gasteiger partial charge on any atom is 0.256 e. The van der Waals surface area contributed by atoms with Gasteiger partial charge in [0.2, 0.25) is 0 Å². The van der Waals surface area contributed by atoms with Gasteiger partial charge < -0.3 is 10.3 Å². The highest BCUT2D eigenvalue weighted by molar-refractivity contribution is 6.31. The number of hydrogen-bond donors (Lipinski definition) is 1. The van der Waals surface area contributed by atoms with Crippen LogP contribution in [0.1, 0.15) is 12.5 Å². The van der Waals surface area contributed by atoms with E-state index in [-0.39, 0.29) is 12.6 Å². The predicted molar refractivity (Wildman–Crippen MR) is 70.3 cm³/mol. The number of nitrogens with zero attached hydrogens (tertiary/aromatic N) is 1. The van der Waals surface area contributed by atoms with Crippen molar-refractivity contribution < 1.29 is 8.78 Å². The third-order valence-electron chi connectivity index (χ3n) is 2.80. The van der Waals surface area contributed by atoms with Crippen molar-refractivity contribution in [1.29, 1.82) is 0 Å². The van der Waals surface area contributed by atoms with E-state index in [1.807, 2.05) is 13.0 Å². The van der Waals surface area contributed by atoms with Crippen LogP contribution in [-0.4, -0.2) is 17.0 Å². The van der Waals surface area contributed by atoms with Crippen LogP contribution in [0, 0.1) is 0 Å². The van der Waals surface area contributed by atoms with Crippen molar-refractivity contribution in [3.63, 3.8) is 0 Å². The molecule has 0 radical (unpaired) electrons. The third-order valence-corrected chi connectivity index (χ3v) is 3.04. The molecular weight excluding hydrogens is 258 g/mol. The quantitative estimate of drug-likeness (QED) is 0.908. The Bertz CT molecular complexity index is 549. The van der Waals surface area contributed by atoms with Gasteiger partial charge in [0.25, 0.3) is 6.43 Å². The molecule has 2 N–H and O–H groups in total. The summed E-state index contributed by atoms with van der Waals surface area (Å²) in [5, 5.41) is 1.49. The molecule has 2 rings (SSSR count). The number of fused-ring (bicyclic) bond motifs is 1. The van der Waals surface area contributed by atoms with Crippen LogP contribution in [0.15, 0.2) is 24.4 Å². The van der Waals surface area contributed by atoms with Gasteiger partial charge in [0.15, 0.2) is 0 Å². The number of hydrogen-bond acceptors (Lipinski definition) is 1. The minimum absolute atomic E-state index is 0.00808. The van der Waals surface area contributed by atoms with Gasteiger partial charge in [0, 0.05) is 28.2 Å². The fourth-order valence-corrected chi connectivity index (χ4v) is 2.32. The Morgan fingerprint density at radius 1 is 1.39 bits per heavy atom. The van der Waals surface area contributed by atoms with Gasteiger partial charge in [0.05, 0.1) is 6.54 Å². The highest BCUT2D eigenvalue weighted by atomic mass is 35.5. The monoisotopic (exact) mass is 272 g/mol. The standard InChI is InChI=1S/C13H15ClF2N2/c1-8(17)4-9-6-18(7-13(15)16)12-5-10(14)2-3-11(9)12/h2-3,5-6,8,13H,4,7,17H2,1H3. The Hall–Kier alpha value is -1.13. The Morgan fingerprint density at radius 2 is 2.11 bits per heavy atom. The van der Waals surface area contributed by atoms with Crippen molar-refractivity contribution in [2.45, 2.75) is 32.4 Å². The van der Waals surface area contributed by atoms with Gasteiger partial charge in [-0.3, -0.25) is 0 Å². The molecule has 1 unspecified atom stereocenters. The lowest BCUT2D eigenvalue weighted by Crippen LogP contribution is -2.17. The second kappa shape index (κ2) is 5.24. The van der Waals surface area contributed by atoms with E-state index in [0.29, 0.717) is 11.4 Å². The van der Waals surface area contributed by atoms with Gasteiger partial charge in [-0.15, -0.1) is 0 Å². The summed E-state index contributed by atoms with van der Waals surface area (Å²) in [7, 11) is 0. The molecule has 0 aliphatic rings. The van der Waals surface area contributed by atoms with Crippen LogP contribution in [-0.2, 0) is 13.0 Å². The van der Waals surface area contributed by atoms with E-state index in [1.165, 1.54) is 0 Å². The highest BCUT2D eigenvalue weighted by Gasteiger charge is 2.13. The van der Waals surface area contributed by atoms with Gasteiger partial charge in [0.1, 0.15) is 0 Å². The lowest BCUT2D eigenvalue weighted by Gasteiger charge is -2.03. The summed E-state index contributed by atoms with van der Waals surface area (Å²) in [6.45, 7) is 1.57.